The SMILES string of the molecule is CCc1ccc(-c2ccc(=O)[nH]n2)cc1S(=O)(=O)Nc1c(C)cc(C)cc1C. The summed E-state index contributed by atoms with van der Waals surface area (Å²) in [5.74, 6) is 0. The number of aromatic amines is 1. The summed E-state index contributed by atoms with van der Waals surface area (Å²) in [4.78, 5) is 11.5. The van der Waals surface area contributed by atoms with Crippen molar-refractivity contribution in [2.24, 2.45) is 0 Å². The standard InChI is InChI=1S/C21H23N3O3S/c1-5-16-6-7-17(18-8-9-20(25)23-22-18)12-19(16)28(26,27)24-21-14(3)10-13(2)11-15(21)4/h6-12,24H,5H2,1-4H3,(H,23,25). The van der Waals surface area contributed by atoms with E-state index in [4.69, 9.17) is 0 Å². The number of sulfonamides is 1. The van der Waals surface area contributed by atoms with Crippen LogP contribution in [0.1, 0.15) is 29.2 Å². The zero-order valence-electron chi connectivity index (χ0n) is 16.3. The lowest BCUT2D eigenvalue weighted by molar-refractivity contribution is 0.600. The molecule has 0 fully saturated rings. The Morgan fingerprint density at radius 2 is 1.68 bits per heavy atom. The maximum atomic E-state index is 13.2. The Labute approximate surface area is 164 Å². The van der Waals surface area contributed by atoms with Crippen LogP contribution in [0.5, 0.6) is 0 Å². The van der Waals surface area contributed by atoms with Gasteiger partial charge in [0, 0.05) is 11.6 Å². The van der Waals surface area contributed by atoms with Crippen molar-refractivity contribution < 1.29 is 8.42 Å². The molecule has 6 nitrogen and oxygen atoms in total. The van der Waals surface area contributed by atoms with Gasteiger partial charge in [0.1, 0.15) is 0 Å². The third-order valence-corrected chi connectivity index (χ3v) is 6.06. The maximum Gasteiger partial charge on any atom is 0.264 e. The number of anilines is 1. The van der Waals surface area contributed by atoms with Gasteiger partial charge in [-0.3, -0.25) is 9.52 Å². The van der Waals surface area contributed by atoms with Crippen molar-refractivity contribution in [1.82, 2.24) is 10.2 Å². The highest BCUT2D eigenvalue weighted by Crippen LogP contribution is 2.29. The summed E-state index contributed by atoms with van der Waals surface area (Å²) < 4.78 is 29.2. The van der Waals surface area contributed by atoms with Gasteiger partial charge in [0.05, 0.1) is 16.3 Å². The molecule has 0 saturated heterocycles. The number of hydrogen-bond donors (Lipinski definition) is 2. The van der Waals surface area contributed by atoms with Gasteiger partial charge in [0.15, 0.2) is 0 Å². The topological polar surface area (TPSA) is 91.9 Å². The predicted molar refractivity (Wildman–Crippen MR) is 111 cm³/mol. The van der Waals surface area contributed by atoms with Gasteiger partial charge >= 0.3 is 0 Å². The lowest BCUT2D eigenvalue weighted by Gasteiger charge is -2.16. The minimum Gasteiger partial charge on any atom is -0.279 e. The van der Waals surface area contributed by atoms with E-state index >= 15 is 0 Å². The van der Waals surface area contributed by atoms with E-state index in [1.807, 2.05) is 39.8 Å². The summed E-state index contributed by atoms with van der Waals surface area (Å²) in [6.07, 6.45) is 0.571. The molecule has 1 aromatic heterocycles. The van der Waals surface area contributed by atoms with Crippen LogP contribution in [-0.2, 0) is 16.4 Å². The molecule has 0 atom stereocenters. The normalized spacial score (nSPS) is 11.4. The summed E-state index contributed by atoms with van der Waals surface area (Å²) in [5.41, 5.74) is 4.94. The van der Waals surface area contributed by atoms with Crippen LogP contribution in [0.15, 0.2) is 52.2 Å². The number of nitrogens with zero attached hydrogens (tertiary/aromatic N) is 1. The molecule has 0 amide bonds. The van der Waals surface area contributed by atoms with E-state index in [-0.39, 0.29) is 10.5 Å². The molecule has 146 valence electrons. The van der Waals surface area contributed by atoms with Gasteiger partial charge in [0.25, 0.3) is 15.6 Å². The van der Waals surface area contributed by atoms with E-state index in [2.05, 4.69) is 14.9 Å². The number of nitrogens with one attached hydrogen (secondary N) is 2. The maximum absolute atomic E-state index is 13.2. The van der Waals surface area contributed by atoms with E-state index in [0.29, 0.717) is 28.9 Å². The number of H-pyrrole nitrogens is 1. The fraction of sp³-hybridized carbons (Fsp3) is 0.238. The van der Waals surface area contributed by atoms with Crippen molar-refractivity contribution in [2.75, 3.05) is 4.72 Å². The summed E-state index contributed by atoms with van der Waals surface area (Å²) in [5, 5.41) is 6.37. The lowest BCUT2D eigenvalue weighted by atomic mass is 10.1. The predicted octanol–water partition coefficient (Wildman–Crippen LogP) is 3.73. The van der Waals surface area contributed by atoms with Crippen LogP contribution < -0.4 is 10.3 Å². The number of hydrogen-bond acceptors (Lipinski definition) is 4. The van der Waals surface area contributed by atoms with Crippen LogP contribution in [0.2, 0.25) is 0 Å². The second-order valence-electron chi connectivity index (χ2n) is 6.86. The molecule has 0 aliphatic carbocycles. The van der Waals surface area contributed by atoms with Crippen LogP contribution in [0.4, 0.5) is 5.69 Å². The van der Waals surface area contributed by atoms with Gasteiger partial charge in [-0.1, -0.05) is 36.8 Å². The van der Waals surface area contributed by atoms with E-state index in [0.717, 1.165) is 16.7 Å². The lowest BCUT2D eigenvalue weighted by Crippen LogP contribution is -2.17. The zero-order valence-corrected chi connectivity index (χ0v) is 17.1. The second-order valence-corrected chi connectivity index (χ2v) is 8.51. The average Bonchev–Trinajstić information content (AvgIpc) is 2.65. The minimum absolute atomic E-state index is 0.208. The third-order valence-electron chi connectivity index (χ3n) is 4.63. The number of rotatable bonds is 5. The second kappa shape index (κ2) is 7.59. The molecule has 0 aliphatic rings. The first-order chi connectivity index (χ1) is 13.2. The van der Waals surface area contributed by atoms with Crippen molar-refractivity contribution in [3.05, 3.63) is 75.1 Å². The number of benzene rings is 2. The monoisotopic (exact) mass is 397 g/mol. The molecule has 0 aliphatic heterocycles. The molecule has 28 heavy (non-hydrogen) atoms. The Kier molecular flexibility index (Phi) is 5.38. The van der Waals surface area contributed by atoms with Gasteiger partial charge in [-0.05, 0) is 56.0 Å². The van der Waals surface area contributed by atoms with Crippen LogP contribution >= 0.6 is 0 Å². The summed E-state index contributed by atoms with van der Waals surface area (Å²) in [6.45, 7) is 7.67. The van der Waals surface area contributed by atoms with Crippen LogP contribution in [0, 0.1) is 20.8 Å². The van der Waals surface area contributed by atoms with Crippen molar-refractivity contribution in [3.63, 3.8) is 0 Å². The molecule has 0 radical (unpaired) electrons. The average molecular weight is 398 g/mol. The van der Waals surface area contributed by atoms with E-state index in [1.165, 1.54) is 6.07 Å². The first-order valence-electron chi connectivity index (χ1n) is 9.01. The molecular formula is C21H23N3O3S. The van der Waals surface area contributed by atoms with Gasteiger partial charge in [0.2, 0.25) is 0 Å². The van der Waals surface area contributed by atoms with Crippen LogP contribution in [-0.4, -0.2) is 18.6 Å². The minimum atomic E-state index is -3.80. The molecule has 3 rings (SSSR count). The molecule has 2 aromatic carbocycles. The Morgan fingerprint density at radius 3 is 2.25 bits per heavy atom. The fourth-order valence-electron chi connectivity index (χ4n) is 3.29. The Bertz CT molecular complexity index is 1150. The molecule has 0 spiro atoms. The molecule has 3 aromatic rings. The molecule has 0 unspecified atom stereocenters. The number of aromatic nitrogens is 2. The molecule has 1 heterocycles. The van der Waals surface area contributed by atoms with Gasteiger partial charge in [-0.15, -0.1) is 0 Å². The smallest absolute Gasteiger partial charge is 0.264 e. The molecule has 7 heteroatoms. The largest absolute Gasteiger partial charge is 0.279 e. The van der Waals surface area contributed by atoms with Crippen molar-refractivity contribution in [3.8, 4) is 11.3 Å². The molecular weight excluding hydrogens is 374 g/mol. The summed E-state index contributed by atoms with van der Waals surface area (Å²) in [7, 11) is -3.80. The first kappa shape index (κ1) is 19.8. The van der Waals surface area contributed by atoms with Gasteiger partial charge < -0.3 is 0 Å². The fourth-order valence-corrected chi connectivity index (χ4v) is 4.83. The quantitative estimate of drug-likeness (QED) is 0.686. The highest BCUT2D eigenvalue weighted by atomic mass is 32.2. The summed E-state index contributed by atoms with van der Waals surface area (Å²) in [6, 6.07) is 12.0. The highest BCUT2D eigenvalue weighted by molar-refractivity contribution is 7.92. The zero-order chi connectivity index (χ0) is 20.5. The van der Waals surface area contributed by atoms with Gasteiger partial charge in [-0.25, -0.2) is 13.5 Å². The van der Waals surface area contributed by atoms with Crippen molar-refractivity contribution in [2.45, 2.75) is 39.0 Å². The van der Waals surface area contributed by atoms with E-state index < -0.39 is 10.0 Å². The molecule has 0 bridgehead atoms. The van der Waals surface area contributed by atoms with Crippen molar-refractivity contribution >= 4 is 15.7 Å². The Hall–Kier alpha value is -2.93. The Morgan fingerprint density at radius 1 is 1.00 bits per heavy atom. The third kappa shape index (κ3) is 3.99. The Balaban J connectivity index is 2.09. The van der Waals surface area contributed by atoms with Crippen LogP contribution in [0.25, 0.3) is 11.3 Å². The van der Waals surface area contributed by atoms with E-state index in [1.54, 1.807) is 24.3 Å². The highest BCUT2D eigenvalue weighted by Gasteiger charge is 2.21. The van der Waals surface area contributed by atoms with Gasteiger partial charge in [-0.2, -0.15) is 5.10 Å². The summed E-state index contributed by atoms with van der Waals surface area (Å²) >= 11 is 0. The first-order valence-corrected chi connectivity index (χ1v) is 10.5. The van der Waals surface area contributed by atoms with E-state index in [9.17, 15) is 13.2 Å². The van der Waals surface area contributed by atoms with Crippen molar-refractivity contribution in [1.29, 1.82) is 0 Å². The van der Waals surface area contributed by atoms with Crippen LogP contribution in [0.3, 0.4) is 0 Å². The molecule has 0 saturated carbocycles. The number of aryl methyl sites for hydroxylation is 4. The molecule has 2 N–H and O–H groups in total.